The summed E-state index contributed by atoms with van der Waals surface area (Å²) in [7, 11) is -3.09. The highest BCUT2D eigenvalue weighted by molar-refractivity contribution is 7.92. The lowest BCUT2D eigenvalue weighted by Gasteiger charge is -2.33. The average molecular weight is 652 g/mol. The van der Waals surface area contributed by atoms with E-state index < -0.39 is 39.3 Å². The number of benzene rings is 3. The number of nitrogens with one attached hydrogen (secondary N) is 1. The van der Waals surface area contributed by atoms with Gasteiger partial charge in [-0.2, -0.15) is 0 Å². The zero-order valence-electron chi connectivity index (χ0n) is 24.0. The normalized spacial score (nSPS) is 11.9. The molecular formula is C29H32Cl2N4O7S. The topological polar surface area (TPSA) is 139 Å². The third-order valence-corrected chi connectivity index (χ3v) is 9.21. The fourth-order valence-electron chi connectivity index (χ4n) is 4.42. The Morgan fingerprint density at radius 1 is 1.05 bits per heavy atom. The summed E-state index contributed by atoms with van der Waals surface area (Å²) in [5.74, 6) is -0.722. The van der Waals surface area contributed by atoms with Crippen LogP contribution in [0.2, 0.25) is 10.0 Å². The van der Waals surface area contributed by atoms with E-state index in [9.17, 15) is 28.1 Å². The van der Waals surface area contributed by atoms with E-state index in [-0.39, 0.29) is 44.8 Å². The number of ether oxygens (including phenoxy) is 1. The van der Waals surface area contributed by atoms with Crippen LogP contribution in [0.25, 0.3) is 0 Å². The number of likely N-dealkylation sites (N-methyl/N-ethyl adjacent to an activating group) is 1. The lowest BCUT2D eigenvalue weighted by molar-refractivity contribution is -0.385. The largest absolute Gasteiger partial charge is 0.497 e. The number of anilines is 1. The van der Waals surface area contributed by atoms with E-state index in [1.54, 1.807) is 32.0 Å². The molecule has 0 fully saturated rings. The van der Waals surface area contributed by atoms with Gasteiger partial charge >= 0.3 is 0 Å². The van der Waals surface area contributed by atoms with E-state index in [0.29, 0.717) is 17.9 Å². The molecule has 0 spiro atoms. The van der Waals surface area contributed by atoms with Gasteiger partial charge in [-0.1, -0.05) is 42.3 Å². The zero-order valence-corrected chi connectivity index (χ0v) is 26.4. The third kappa shape index (κ3) is 7.75. The van der Waals surface area contributed by atoms with Crippen molar-refractivity contribution in [3.05, 3.63) is 92.0 Å². The molecule has 3 aromatic rings. The first-order valence-electron chi connectivity index (χ1n) is 13.3. The maximum absolute atomic E-state index is 14.1. The lowest BCUT2D eigenvalue weighted by atomic mass is 10.1. The van der Waals surface area contributed by atoms with Crippen LogP contribution in [0.4, 0.5) is 11.4 Å². The Morgan fingerprint density at radius 3 is 2.21 bits per heavy atom. The van der Waals surface area contributed by atoms with Gasteiger partial charge in [0.05, 0.1) is 22.6 Å². The Labute approximate surface area is 260 Å². The molecule has 0 saturated carbocycles. The first-order valence-corrected chi connectivity index (χ1v) is 15.5. The summed E-state index contributed by atoms with van der Waals surface area (Å²) in [5, 5.41) is 14.8. The molecule has 0 aliphatic carbocycles. The number of amides is 2. The third-order valence-electron chi connectivity index (χ3n) is 6.73. The minimum atomic E-state index is -4.54. The number of nitrogens with zero attached hydrogens (tertiary/aromatic N) is 3. The molecule has 43 heavy (non-hydrogen) atoms. The van der Waals surface area contributed by atoms with Gasteiger partial charge in [0.1, 0.15) is 18.3 Å². The SMILES string of the molecule is CCNC(=O)C(CC)N(Cc1c(Cl)cccc1Cl)C(=O)CN(c1ccc(OC)cc1)S(=O)(=O)c1ccc(C)c([N+](=O)[O-])c1. The molecule has 0 bridgehead atoms. The second-order valence-electron chi connectivity index (χ2n) is 9.46. The molecule has 11 nitrogen and oxygen atoms in total. The maximum Gasteiger partial charge on any atom is 0.273 e. The molecule has 0 aromatic heterocycles. The lowest BCUT2D eigenvalue weighted by Crippen LogP contribution is -2.52. The van der Waals surface area contributed by atoms with Crippen molar-refractivity contribution in [2.24, 2.45) is 0 Å². The Kier molecular flexibility index (Phi) is 11.4. The van der Waals surface area contributed by atoms with Gasteiger partial charge in [-0.25, -0.2) is 8.42 Å². The summed E-state index contributed by atoms with van der Waals surface area (Å²) in [4.78, 5) is 39.0. The summed E-state index contributed by atoms with van der Waals surface area (Å²) in [6, 6.07) is 13.3. The summed E-state index contributed by atoms with van der Waals surface area (Å²) >= 11 is 12.8. The standard InChI is InChI=1S/C29H32Cl2N4O7S/c1-5-26(29(37)32-6-2)33(17-23-24(30)8-7-9-25(23)31)28(36)18-34(20-11-13-21(42-4)14-12-20)43(40,41)22-15-10-19(3)27(16-22)35(38)39/h7-16,26H,5-6,17-18H2,1-4H3,(H,32,37). The van der Waals surface area contributed by atoms with Gasteiger partial charge in [-0.05, 0) is 62.7 Å². The summed E-state index contributed by atoms with van der Waals surface area (Å²) in [6.45, 7) is 4.33. The van der Waals surface area contributed by atoms with Crippen LogP contribution in [0.1, 0.15) is 31.4 Å². The average Bonchev–Trinajstić information content (AvgIpc) is 2.97. The van der Waals surface area contributed by atoms with Crippen LogP contribution in [0.15, 0.2) is 65.6 Å². The molecule has 14 heteroatoms. The van der Waals surface area contributed by atoms with E-state index >= 15 is 0 Å². The quantitative estimate of drug-likeness (QED) is 0.194. The van der Waals surface area contributed by atoms with Crippen LogP contribution in [-0.4, -0.2) is 56.3 Å². The number of nitro groups is 1. The van der Waals surface area contributed by atoms with E-state index in [1.165, 1.54) is 55.3 Å². The highest BCUT2D eigenvalue weighted by atomic mass is 35.5. The van der Waals surface area contributed by atoms with Crippen LogP contribution < -0.4 is 14.4 Å². The monoisotopic (exact) mass is 650 g/mol. The van der Waals surface area contributed by atoms with E-state index in [1.807, 2.05) is 0 Å². The van der Waals surface area contributed by atoms with Crippen molar-refractivity contribution >= 4 is 56.4 Å². The van der Waals surface area contributed by atoms with Crippen molar-refractivity contribution in [3.63, 3.8) is 0 Å². The molecule has 1 unspecified atom stereocenters. The van der Waals surface area contributed by atoms with E-state index in [4.69, 9.17) is 27.9 Å². The summed E-state index contributed by atoms with van der Waals surface area (Å²) in [6.07, 6.45) is 0.207. The van der Waals surface area contributed by atoms with Crippen molar-refractivity contribution in [2.75, 3.05) is 24.5 Å². The number of methoxy groups -OCH3 is 1. The van der Waals surface area contributed by atoms with Gasteiger partial charge in [-0.15, -0.1) is 0 Å². The molecule has 0 radical (unpaired) electrons. The van der Waals surface area contributed by atoms with Crippen molar-refractivity contribution in [3.8, 4) is 5.75 Å². The highest BCUT2D eigenvalue weighted by Gasteiger charge is 2.35. The van der Waals surface area contributed by atoms with Gasteiger partial charge in [0, 0.05) is 40.3 Å². The van der Waals surface area contributed by atoms with Crippen LogP contribution >= 0.6 is 23.2 Å². The molecule has 1 N–H and O–H groups in total. The summed E-state index contributed by atoms with van der Waals surface area (Å²) in [5.41, 5.74) is 0.361. The number of sulfonamides is 1. The number of halogens is 2. The number of nitro benzene ring substituents is 1. The Bertz CT molecular complexity index is 1580. The molecule has 0 aliphatic heterocycles. The number of carbonyl (C=O) groups excluding carboxylic acids is 2. The van der Waals surface area contributed by atoms with Crippen molar-refractivity contribution < 1.29 is 27.7 Å². The number of carbonyl (C=O) groups is 2. The molecule has 0 heterocycles. The Balaban J connectivity index is 2.15. The zero-order chi connectivity index (χ0) is 31.9. The molecular weight excluding hydrogens is 619 g/mol. The fraction of sp³-hybridized carbons (Fsp3) is 0.310. The smallest absolute Gasteiger partial charge is 0.273 e. The van der Waals surface area contributed by atoms with Crippen LogP contribution in [-0.2, 0) is 26.2 Å². The predicted octanol–water partition coefficient (Wildman–Crippen LogP) is 5.36. The van der Waals surface area contributed by atoms with Crippen molar-refractivity contribution in [1.29, 1.82) is 0 Å². The molecule has 3 rings (SSSR count). The molecule has 2 amide bonds. The van der Waals surface area contributed by atoms with Crippen LogP contribution in [0.3, 0.4) is 0 Å². The minimum absolute atomic E-state index is 0.0964. The first-order chi connectivity index (χ1) is 20.3. The molecule has 0 saturated heterocycles. The number of hydrogen-bond acceptors (Lipinski definition) is 7. The predicted molar refractivity (Wildman–Crippen MR) is 165 cm³/mol. The van der Waals surface area contributed by atoms with E-state index in [0.717, 1.165) is 10.4 Å². The summed E-state index contributed by atoms with van der Waals surface area (Å²) < 4.78 is 34.1. The first kappa shape index (κ1) is 33.6. The molecule has 1 atom stereocenters. The van der Waals surface area contributed by atoms with Gasteiger partial charge in [0.15, 0.2) is 0 Å². The highest BCUT2D eigenvalue weighted by Crippen LogP contribution is 2.31. The van der Waals surface area contributed by atoms with Crippen molar-refractivity contribution in [2.45, 2.75) is 44.7 Å². The molecule has 3 aromatic carbocycles. The van der Waals surface area contributed by atoms with Gasteiger partial charge < -0.3 is 15.0 Å². The van der Waals surface area contributed by atoms with E-state index in [2.05, 4.69) is 5.32 Å². The number of hydrogen-bond donors (Lipinski definition) is 1. The Morgan fingerprint density at radius 2 is 1.67 bits per heavy atom. The van der Waals surface area contributed by atoms with Gasteiger partial charge in [-0.3, -0.25) is 24.0 Å². The maximum atomic E-state index is 14.1. The minimum Gasteiger partial charge on any atom is -0.497 e. The second-order valence-corrected chi connectivity index (χ2v) is 12.1. The molecule has 230 valence electrons. The number of aryl methyl sites for hydroxylation is 1. The molecule has 0 aliphatic rings. The van der Waals surface area contributed by atoms with Crippen molar-refractivity contribution in [1.82, 2.24) is 10.2 Å². The fourth-order valence-corrected chi connectivity index (χ4v) is 6.37. The number of rotatable bonds is 13. The van der Waals surface area contributed by atoms with Crippen LogP contribution in [0.5, 0.6) is 5.75 Å². The Hall–Kier alpha value is -3.87. The van der Waals surface area contributed by atoms with Gasteiger partial charge in [0.2, 0.25) is 11.8 Å². The van der Waals surface area contributed by atoms with Crippen LogP contribution in [0, 0.1) is 17.0 Å². The van der Waals surface area contributed by atoms with Gasteiger partial charge in [0.25, 0.3) is 15.7 Å². The second kappa shape index (κ2) is 14.5.